The molecule has 0 aliphatic carbocycles. The quantitative estimate of drug-likeness (QED) is 0.382. The second kappa shape index (κ2) is 10.3. The molecule has 0 amide bonds. The molecule has 2 heteroatoms. The molecule has 26 heavy (non-hydrogen) atoms. The summed E-state index contributed by atoms with van der Waals surface area (Å²) >= 11 is 0. The predicted octanol–water partition coefficient (Wildman–Crippen LogP) is 5.36. The summed E-state index contributed by atoms with van der Waals surface area (Å²) < 4.78 is 0. The molecule has 132 valence electrons. The highest BCUT2D eigenvalue weighted by atomic mass is 79.9. The third-order valence-electron chi connectivity index (χ3n) is 4.46. The van der Waals surface area contributed by atoms with Gasteiger partial charge in [0.25, 0.3) is 0 Å². The lowest BCUT2D eigenvalue weighted by Crippen LogP contribution is -2.33. The third kappa shape index (κ3) is 4.45. The molecule has 0 nitrogen and oxygen atoms in total. The largest absolute Gasteiger partial charge is 0.114 e. The summed E-state index contributed by atoms with van der Waals surface area (Å²) in [6.45, 7) is 2.11. The molecule has 0 aliphatic rings. The topological polar surface area (TPSA) is 0 Å². The van der Waals surface area contributed by atoms with Gasteiger partial charge in [-0.25, -0.2) is 0 Å². The van der Waals surface area contributed by atoms with Crippen LogP contribution in [0.4, 0.5) is 0 Å². The Labute approximate surface area is 168 Å². The number of hydrogen-bond donors (Lipinski definition) is 0. The van der Waals surface area contributed by atoms with Crippen LogP contribution in [0.3, 0.4) is 0 Å². The van der Waals surface area contributed by atoms with Gasteiger partial charge in [0.05, 0.1) is 6.16 Å². The molecular weight excluding hydrogens is 399 g/mol. The van der Waals surface area contributed by atoms with Crippen LogP contribution in [0.1, 0.15) is 19.8 Å². The van der Waals surface area contributed by atoms with Crippen molar-refractivity contribution < 1.29 is 0 Å². The van der Waals surface area contributed by atoms with Gasteiger partial charge in [-0.15, -0.1) is 22.9 Å². The monoisotopic (exact) mass is 423 g/mol. The molecule has 0 N–H and O–H groups in total. The lowest BCUT2D eigenvalue weighted by atomic mass is 10.3. The Morgan fingerprint density at radius 2 is 1.00 bits per heavy atom. The van der Waals surface area contributed by atoms with Gasteiger partial charge in [0.15, 0.2) is 0 Å². The van der Waals surface area contributed by atoms with Crippen LogP contribution in [-0.2, 0) is 0 Å². The Morgan fingerprint density at radius 3 is 1.35 bits per heavy atom. The van der Waals surface area contributed by atoms with Crippen LogP contribution in [0.25, 0.3) is 0 Å². The zero-order valence-electron chi connectivity index (χ0n) is 15.1. The van der Waals surface area contributed by atoms with E-state index >= 15 is 0 Å². The van der Waals surface area contributed by atoms with Gasteiger partial charge in [-0.05, 0) is 36.4 Å². The molecule has 0 heterocycles. The van der Waals surface area contributed by atoms with E-state index in [1.165, 1.54) is 15.9 Å². The van der Waals surface area contributed by atoms with Crippen LogP contribution in [0.15, 0.2) is 91.0 Å². The average Bonchev–Trinajstić information content (AvgIpc) is 2.70. The average molecular weight is 424 g/mol. The van der Waals surface area contributed by atoms with Crippen molar-refractivity contribution >= 4 is 40.2 Å². The first-order chi connectivity index (χ1) is 12.4. The van der Waals surface area contributed by atoms with E-state index in [2.05, 4.69) is 110 Å². The van der Waals surface area contributed by atoms with Crippen molar-refractivity contribution in [3.63, 3.8) is 0 Å². The Hall–Kier alpha value is -1.87. The van der Waals surface area contributed by atoms with Gasteiger partial charge in [-0.2, -0.15) is 0 Å². The summed E-state index contributed by atoms with van der Waals surface area (Å²) in [6.07, 6.45) is 2.94. The van der Waals surface area contributed by atoms with Crippen LogP contribution in [0.5, 0.6) is 0 Å². The molecule has 0 spiro atoms. The first-order valence-electron chi connectivity index (χ1n) is 8.88. The Bertz CT molecular complexity index is 736. The highest BCUT2D eigenvalue weighted by Gasteiger charge is 2.44. The molecule has 0 saturated carbocycles. The van der Waals surface area contributed by atoms with E-state index in [0.717, 1.165) is 19.0 Å². The first kappa shape index (κ1) is 20.4. The summed E-state index contributed by atoms with van der Waals surface area (Å²) in [5.74, 6) is 6.62. The predicted molar refractivity (Wildman–Crippen MR) is 123 cm³/mol. The van der Waals surface area contributed by atoms with Gasteiger partial charge in [0, 0.05) is 12.8 Å². The maximum Gasteiger partial charge on any atom is 0.113 e. The molecule has 0 bridgehead atoms. The van der Waals surface area contributed by atoms with Crippen molar-refractivity contribution in [2.45, 2.75) is 19.8 Å². The number of benzene rings is 3. The molecule has 0 aliphatic heterocycles. The minimum atomic E-state index is -1.70. The van der Waals surface area contributed by atoms with Crippen LogP contribution in [-0.4, -0.2) is 6.16 Å². The van der Waals surface area contributed by atoms with Gasteiger partial charge < -0.3 is 0 Å². The second-order valence-corrected chi connectivity index (χ2v) is 9.61. The van der Waals surface area contributed by atoms with Crippen molar-refractivity contribution in [3.05, 3.63) is 91.0 Å². The molecular formula is C24H25BrP+. The summed E-state index contributed by atoms with van der Waals surface area (Å²) in [6, 6.07) is 33.0. The van der Waals surface area contributed by atoms with Crippen LogP contribution in [0, 0.1) is 11.8 Å². The lowest BCUT2D eigenvalue weighted by molar-refractivity contribution is 1.24. The van der Waals surface area contributed by atoms with Crippen LogP contribution in [0.2, 0.25) is 0 Å². The van der Waals surface area contributed by atoms with Crippen molar-refractivity contribution in [2.24, 2.45) is 0 Å². The minimum absolute atomic E-state index is 0. The van der Waals surface area contributed by atoms with Gasteiger partial charge in [-0.3, -0.25) is 0 Å². The van der Waals surface area contributed by atoms with Crippen molar-refractivity contribution in [3.8, 4) is 11.8 Å². The molecule has 3 aromatic carbocycles. The molecule has 0 fully saturated rings. The maximum atomic E-state index is 3.38. The Balaban J connectivity index is 0.00000243. The molecule has 3 rings (SSSR count). The first-order valence-corrected chi connectivity index (χ1v) is 10.9. The zero-order valence-corrected chi connectivity index (χ0v) is 17.7. The van der Waals surface area contributed by atoms with E-state index in [-0.39, 0.29) is 17.0 Å². The Morgan fingerprint density at radius 1 is 0.615 bits per heavy atom. The standard InChI is InChI=1S/C24H24P.BrH/c1-2-3-4-14-21-25(22-15-8-5-9-16-22,23-17-10-6-11-18-23)24-19-12-7-13-20-24;/h5-13,15-20H,2,14,21H2,1H3;1H/q+1;. The fourth-order valence-corrected chi connectivity index (χ4v) is 7.48. The van der Waals surface area contributed by atoms with Gasteiger partial charge in [-0.1, -0.05) is 67.4 Å². The number of rotatable bonds is 5. The van der Waals surface area contributed by atoms with Crippen molar-refractivity contribution in [2.75, 3.05) is 6.16 Å². The molecule has 0 atom stereocenters. The fourth-order valence-electron chi connectivity index (χ4n) is 3.32. The van der Waals surface area contributed by atoms with Gasteiger partial charge in [0.2, 0.25) is 0 Å². The van der Waals surface area contributed by atoms with E-state index in [0.29, 0.717) is 0 Å². The van der Waals surface area contributed by atoms with Crippen LogP contribution < -0.4 is 15.9 Å². The third-order valence-corrected chi connectivity index (χ3v) is 8.90. The molecule has 0 unspecified atom stereocenters. The van der Waals surface area contributed by atoms with Crippen molar-refractivity contribution in [1.29, 1.82) is 0 Å². The van der Waals surface area contributed by atoms with Gasteiger partial charge >= 0.3 is 0 Å². The minimum Gasteiger partial charge on any atom is -0.114 e. The lowest BCUT2D eigenvalue weighted by Gasteiger charge is -2.27. The van der Waals surface area contributed by atoms with E-state index < -0.39 is 7.26 Å². The van der Waals surface area contributed by atoms with E-state index in [1.807, 2.05) is 0 Å². The smallest absolute Gasteiger partial charge is 0.113 e. The summed E-state index contributed by atoms with van der Waals surface area (Å²) in [4.78, 5) is 0. The van der Waals surface area contributed by atoms with E-state index in [1.54, 1.807) is 0 Å². The normalized spacial score (nSPS) is 10.3. The van der Waals surface area contributed by atoms with Gasteiger partial charge in [0.1, 0.15) is 23.2 Å². The summed E-state index contributed by atoms with van der Waals surface area (Å²) in [7, 11) is -1.70. The molecule has 0 radical (unpaired) electrons. The second-order valence-electron chi connectivity index (χ2n) is 6.00. The van der Waals surface area contributed by atoms with E-state index in [4.69, 9.17) is 0 Å². The molecule has 3 aromatic rings. The summed E-state index contributed by atoms with van der Waals surface area (Å²) in [5.41, 5.74) is 0. The molecule has 0 saturated heterocycles. The van der Waals surface area contributed by atoms with Crippen LogP contribution >= 0.6 is 24.2 Å². The number of halogens is 1. The number of hydrogen-bond acceptors (Lipinski definition) is 0. The SMILES string of the molecule is Br.CCC#CCC[P+](c1ccccc1)(c1ccccc1)c1ccccc1. The highest BCUT2D eigenvalue weighted by molar-refractivity contribution is 8.93. The Kier molecular flexibility index (Phi) is 8.11. The fraction of sp³-hybridized carbons (Fsp3) is 0.167. The zero-order chi connectivity index (χ0) is 17.4. The van der Waals surface area contributed by atoms with E-state index in [9.17, 15) is 0 Å². The van der Waals surface area contributed by atoms with Crippen molar-refractivity contribution in [1.82, 2.24) is 0 Å². The summed E-state index contributed by atoms with van der Waals surface area (Å²) in [5, 5.41) is 4.31. The maximum absolute atomic E-state index is 3.38. The highest BCUT2D eigenvalue weighted by Crippen LogP contribution is 2.55. The molecule has 0 aromatic heterocycles.